The van der Waals surface area contributed by atoms with Crippen molar-refractivity contribution in [3.63, 3.8) is 0 Å². The summed E-state index contributed by atoms with van der Waals surface area (Å²) in [6.45, 7) is 1.54. The number of fused-ring (bicyclic) bond motifs is 1. The highest BCUT2D eigenvalue weighted by atomic mass is 32.2. The molecule has 0 bridgehead atoms. The molecule has 8 heteroatoms. The second kappa shape index (κ2) is 8.09. The van der Waals surface area contributed by atoms with Crippen LogP contribution in [0.3, 0.4) is 0 Å². The van der Waals surface area contributed by atoms with E-state index < -0.39 is 12.1 Å². The molecule has 1 atom stereocenters. The van der Waals surface area contributed by atoms with Crippen molar-refractivity contribution in [1.29, 1.82) is 0 Å². The fourth-order valence-electron chi connectivity index (χ4n) is 2.06. The molecular weight excluding hydrogens is 358 g/mol. The minimum atomic E-state index is -0.875. The summed E-state index contributed by atoms with van der Waals surface area (Å²) in [5.41, 5.74) is 0.658. The van der Waals surface area contributed by atoms with E-state index in [9.17, 15) is 9.59 Å². The van der Waals surface area contributed by atoms with Gasteiger partial charge in [0.15, 0.2) is 6.10 Å². The molecule has 2 heterocycles. The van der Waals surface area contributed by atoms with Crippen molar-refractivity contribution in [3.05, 3.63) is 48.1 Å². The first-order valence-corrected chi connectivity index (χ1v) is 9.36. The van der Waals surface area contributed by atoms with Gasteiger partial charge in [-0.3, -0.25) is 9.59 Å². The lowest BCUT2D eigenvalue weighted by molar-refractivity contribution is -0.150. The van der Waals surface area contributed by atoms with Gasteiger partial charge in [-0.2, -0.15) is 0 Å². The Bertz CT molecular complexity index is 883. The minimum Gasteiger partial charge on any atom is -0.452 e. The van der Waals surface area contributed by atoms with Crippen LogP contribution in [-0.2, 0) is 14.3 Å². The van der Waals surface area contributed by atoms with Gasteiger partial charge in [-0.25, -0.2) is 9.97 Å². The number of nitrogens with zero attached hydrogens (tertiary/aromatic N) is 2. The van der Waals surface area contributed by atoms with Crippen LogP contribution in [0.4, 0.5) is 5.69 Å². The molecule has 0 fully saturated rings. The summed E-state index contributed by atoms with van der Waals surface area (Å²) in [5, 5.41) is 6.27. The number of nitrogens with one attached hydrogen (secondary N) is 1. The third-order valence-corrected chi connectivity index (χ3v) is 5.07. The summed E-state index contributed by atoms with van der Waals surface area (Å²) >= 11 is 2.79. The highest BCUT2D eigenvalue weighted by molar-refractivity contribution is 8.00. The molecule has 1 N–H and O–H groups in total. The number of thioether (sulfide) groups is 1. The van der Waals surface area contributed by atoms with Gasteiger partial charge in [-0.05, 0) is 30.5 Å². The van der Waals surface area contributed by atoms with Gasteiger partial charge in [-0.15, -0.1) is 11.3 Å². The van der Waals surface area contributed by atoms with Crippen LogP contribution in [-0.4, -0.2) is 33.7 Å². The molecule has 1 aromatic carbocycles. The van der Waals surface area contributed by atoms with Gasteiger partial charge >= 0.3 is 5.97 Å². The molecule has 0 saturated carbocycles. The van der Waals surface area contributed by atoms with E-state index in [-0.39, 0.29) is 11.7 Å². The lowest BCUT2D eigenvalue weighted by atomic mass is 10.3. The molecule has 0 spiro atoms. The predicted molar refractivity (Wildman–Crippen MR) is 98.8 cm³/mol. The maximum Gasteiger partial charge on any atom is 0.317 e. The summed E-state index contributed by atoms with van der Waals surface area (Å²) < 4.78 is 5.19. The van der Waals surface area contributed by atoms with E-state index in [1.807, 2.05) is 29.6 Å². The molecular formula is C17H15N3O3S2. The number of amides is 1. The molecule has 2 aromatic heterocycles. The van der Waals surface area contributed by atoms with Gasteiger partial charge in [0.2, 0.25) is 0 Å². The van der Waals surface area contributed by atoms with Crippen molar-refractivity contribution >= 4 is 50.9 Å². The van der Waals surface area contributed by atoms with Crippen molar-refractivity contribution < 1.29 is 14.3 Å². The number of ether oxygens (including phenoxy) is 1. The lowest BCUT2D eigenvalue weighted by Gasteiger charge is -2.13. The first kappa shape index (κ1) is 17.4. The number of rotatable bonds is 6. The predicted octanol–water partition coefficient (Wildman–Crippen LogP) is 3.35. The molecule has 25 heavy (non-hydrogen) atoms. The van der Waals surface area contributed by atoms with Crippen LogP contribution >= 0.6 is 23.1 Å². The third-order valence-electron chi connectivity index (χ3n) is 3.27. The fraction of sp³-hybridized carbons (Fsp3) is 0.176. The smallest absolute Gasteiger partial charge is 0.317 e. The van der Waals surface area contributed by atoms with E-state index in [1.54, 1.807) is 19.1 Å². The molecule has 0 radical (unpaired) electrons. The molecule has 128 valence electrons. The average molecular weight is 373 g/mol. The highest BCUT2D eigenvalue weighted by Crippen LogP contribution is 2.27. The largest absolute Gasteiger partial charge is 0.452 e. The summed E-state index contributed by atoms with van der Waals surface area (Å²) in [5.74, 6) is -0.764. The maximum atomic E-state index is 12.0. The Labute approximate surface area is 152 Å². The van der Waals surface area contributed by atoms with Crippen LogP contribution in [0.2, 0.25) is 0 Å². The highest BCUT2D eigenvalue weighted by Gasteiger charge is 2.18. The number of carbonyl (C=O) groups excluding carboxylic acids is 2. The molecule has 1 amide bonds. The normalized spacial score (nSPS) is 11.9. The van der Waals surface area contributed by atoms with Gasteiger partial charge in [0.05, 0.1) is 5.75 Å². The standard InChI is InChI=1S/C17H15N3O3S2/c1-11(15(22)20-12-5-3-2-4-6-12)23-14(21)9-25-17-13-7-8-24-16(13)18-10-19-17/h2-8,10-11H,9H2,1H3,(H,20,22)/t11-/m0/s1. The number of carbonyl (C=O) groups is 2. The quantitative estimate of drug-likeness (QED) is 0.405. The van der Waals surface area contributed by atoms with E-state index in [4.69, 9.17) is 4.74 Å². The zero-order valence-electron chi connectivity index (χ0n) is 13.3. The van der Waals surface area contributed by atoms with E-state index >= 15 is 0 Å². The molecule has 0 aliphatic rings. The van der Waals surface area contributed by atoms with Crippen LogP contribution in [0.5, 0.6) is 0 Å². The number of anilines is 1. The Kier molecular flexibility index (Phi) is 5.62. The molecule has 0 aliphatic heterocycles. The molecule has 0 unspecified atom stereocenters. The summed E-state index contributed by atoms with van der Waals surface area (Å²) in [4.78, 5) is 33.3. The monoisotopic (exact) mass is 373 g/mol. The number of hydrogen-bond acceptors (Lipinski definition) is 7. The van der Waals surface area contributed by atoms with Gasteiger partial charge < -0.3 is 10.1 Å². The van der Waals surface area contributed by atoms with Gasteiger partial charge in [-0.1, -0.05) is 30.0 Å². The Morgan fingerprint density at radius 2 is 2.04 bits per heavy atom. The zero-order valence-corrected chi connectivity index (χ0v) is 15.0. The van der Waals surface area contributed by atoms with Crippen molar-refractivity contribution in [2.75, 3.05) is 11.1 Å². The summed E-state index contributed by atoms with van der Waals surface area (Å²) in [6, 6.07) is 10.9. The van der Waals surface area contributed by atoms with Crippen molar-refractivity contribution in [3.8, 4) is 0 Å². The van der Waals surface area contributed by atoms with E-state index in [1.165, 1.54) is 29.4 Å². The van der Waals surface area contributed by atoms with Crippen LogP contribution < -0.4 is 5.32 Å². The second-order valence-corrected chi connectivity index (χ2v) is 6.95. The van der Waals surface area contributed by atoms with Crippen molar-refractivity contribution in [1.82, 2.24) is 9.97 Å². The van der Waals surface area contributed by atoms with Gasteiger partial charge in [0.25, 0.3) is 5.91 Å². The van der Waals surface area contributed by atoms with Gasteiger partial charge in [0, 0.05) is 11.1 Å². The number of hydrogen-bond donors (Lipinski definition) is 1. The molecule has 0 aliphatic carbocycles. The number of esters is 1. The van der Waals surface area contributed by atoms with E-state index in [0.29, 0.717) is 5.69 Å². The number of para-hydroxylation sites is 1. The molecule has 3 aromatic rings. The Morgan fingerprint density at radius 3 is 2.84 bits per heavy atom. The fourth-order valence-corrected chi connectivity index (χ4v) is 3.62. The maximum absolute atomic E-state index is 12.0. The SMILES string of the molecule is C[C@H](OC(=O)CSc1ncnc2sccc12)C(=O)Nc1ccccc1. The Morgan fingerprint density at radius 1 is 1.24 bits per heavy atom. The lowest BCUT2D eigenvalue weighted by Crippen LogP contribution is -2.30. The average Bonchev–Trinajstić information content (AvgIpc) is 3.10. The zero-order chi connectivity index (χ0) is 17.6. The number of benzene rings is 1. The van der Waals surface area contributed by atoms with Crippen LogP contribution in [0.1, 0.15) is 6.92 Å². The van der Waals surface area contributed by atoms with Crippen LogP contribution in [0.15, 0.2) is 53.1 Å². The van der Waals surface area contributed by atoms with Crippen molar-refractivity contribution in [2.45, 2.75) is 18.1 Å². The Balaban J connectivity index is 1.52. The minimum absolute atomic E-state index is 0.0743. The first-order chi connectivity index (χ1) is 12.1. The number of aromatic nitrogens is 2. The summed E-state index contributed by atoms with van der Waals surface area (Å²) in [6.07, 6.45) is 0.600. The van der Waals surface area contributed by atoms with Crippen molar-refractivity contribution in [2.24, 2.45) is 0 Å². The van der Waals surface area contributed by atoms with E-state index in [2.05, 4.69) is 15.3 Å². The summed E-state index contributed by atoms with van der Waals surface area (Å²) in [7, 11) is 0. The van der Waals surface area contributed by atoms with Crippen LogP contribution in [0, 0.1) is 0 Å². The topological polar surface area (TPSA) is 81.2 Å². The second-order valence-electron chi connectivity index (χ2n) is 5.09. The first-order valence-electron chi connectivity index (χ1n) is 7.50. The third kappa shape index (κ3) is 4.55. The van der Waals surface area contributed by atoms with Gasteiger partial charge in [0.1, 0.15) is 16.2 Å². The molecule has 3 rings (SSSR count). The molecule has 0 saturated heterocycles. The Hall–Kier alpha value is -2.45. The van der Waals surface area contributed by atoms with E-state index in [0.717, 1.165) is 15.2 Å². The van der Waals surface area contributed by atoms with Crippen LogP contribution in [0.25, 0.3) is 10.2 Å². The molecule has 6 nitrogen and oxygen atoms in total. The number of thiophene rings is 1.